The molecule has 0 heterocycles. The predicted molar refractivity (Wildman–Crippen MR) is 99.6 cm³/mol. The molecule has 0 radical (unpaired) electrons. The summed E-state index contributed by atoms with van der Waals surface area (Å²) in [5, 5.41) is 0.0366. The van der Waals surface area contributed by atoms with Crippen molar-refractivity contribution in [1.82, 2.24) is 0 Å². The van der Waals surface area contributed by atoms with Crippen LogP contribution in [-0.4, -0.2) is 14.3 Å². The second-order valence-electron chi connectivity index (χ2n) is 7.67. The second kappa shape index (κ2) is 8.90. The summed E-state index contributed by atoms with van der Waals surface area (Å²) < 4.78 is 6.32. The number of hydrogen-bond donors (Lipinski definition) is 0. The van der Waals surface area contributed by atoms with Crippen LogP contribution in [0.1, 0.15) is 81.1 Å². The molecule has 22 heavy (non-hydrogen) atoms. The largest absolute Gasteiger partial charge is 0.515 e. The van der Waals surface area contributed by atoms with Gasteiger partial charge in [-0.2, -0.15) is 0 Å². The minimum absolute atomic E-state index is 0.0366. The highest BCUT2D eigenvalue weighted by atomic mass is 28.4. The van der Waals surface area contributed by atoms with Gasteiger partial charge in [-0.05, 0) is 22.0 Å². The molecule has 0 rings (SSSR count). The Bertz CT molecular complexity index is 348. The molecule has 0 saturated carbocycles. The van der Waals surface area contributed by atoms with Crippen LogP contribution in [-0.2, 0) is 9.22 Å². The minimum atomic E-state index is -2.34. The van der Waals surface area contributed by atoms with E-state index in [0.717, 1.165) is 25.7 Å². The van der Waals surface area contributed by atoms with Crippen LogP contribution < -0.4 is 0 Å². The Morgan fingerprint density at radius 1 is 1.09 bits per heavy atom. The van der Waals surface area contributed by atoms with Crippen molar-refractivity contribution in [2.24, 2.45) is 5.92 Å². The first-order valence-electron chi connectivity index (χ1n) is 8.97. The fraction of sp³-hybridized carbons (Fsp3) is 0.842. The van der Waals surface area contributed by atoms with E-state index in [2.05, 4.69) is 62.0 Å². The number of hydrogen-bond acceptors (Lipinski definition) is 2. The highest BCUT2D eigenvalue weighted by Gasteiger charge is 2.59. The van der Waals surface area contributed by atoms with Crippen molar-refractivity contribution < 1.29 is 9.22 Å². The summed E-state index contributed by atoms with van der Waals surface area (Å²) in [6, 6.07) is 0. The van der Waals surface area contributed by atoms with Gasteiger partial charge in [-0.15, -0.1) is 0 Å². The van der Waals surface area contributed by atoms with E-state index in [-0.39, 0.29) is 11.0 Å². The van der Waals surface area contributed by atoms with E-state index in [1.807, 2.05) is 0 Å². The van der Waals surface area contributed by atoms with Gasteiger partial charge < -0.3 is 4.43 Å². The molecular weight excluding hydrogens is 288 g/mol. The van der Waals surface area contributed by atoms with Crippen molar-refractivity contribution in [1.29, 1.82) is 0 Å². The average molecular weight is 327 g/mol. The number of carbonyl (C=O) groups is 1. The topological polar surface area (TPSA) is 26.3 Å². The molecule has 0 spiro atoms. The molecule has 2 nitrogen and oxygen atoms in total. The maximum Gasteiger partial charge on any atom is 0.316 e. The van der Waals surface area contributed by atoms with Gasteiger partial charge in [0.05, 0.1) is 0 Å². The van der Waals surface area contributed by atoms with Gasteiger partial charge in [0.1, 0.15) is 0 Å². The van der Waals surface area contributed by atoms with Gasteiger partial charge in [0.15, 0.2) is 0 Å². The van der Waals surface area contributed by atoms with Crippen molar-refractivity contribution in [3.05, 3.63) is 12.7 Å². The average Bonchev–Trinajstić information content (AvgIpc) is 2.44. The van der Waals surface area contributed by atoms with Crippen molar-refractivity contribution in [2.75, 3.05) is 0 Å². The molecule has 0 amide bonds. The normalized spacial score (nSPS) is 17.7. The lowest BCUT2D eigenvalue weighted by molar-refractivity contribution is -0.130. The molecule has 130 valence electrons. The number of rotatable bonds is 10. The van der Waals surface area contributed by atoms with Gasteiger partial charge in [-0.25, -0.2) is 4.79 Å². The molecule has 0 fully saturated rings. The van der Waals surface area contributed by atoms with E-state index in [4.69, 9.17) is 4.43 Å². The maximum atomic E-state index is 12.2. The molecule has 2 atom stereocenters. The van der Waals surface area contributed by atoms with Gasteiger partial charge >= 0.3 is 5.97 Å². The van der Waals surface area contributed by atoms with E-state index < -0.39 is 8.32 Å². The van der Waals surface area contributed by atoms with Crippen LogP contribution in [0.4, 0.5) is 0 Å². The molecule has 0 aliphatic rings. The first kappa shape index (κ1) is 21.4. The lowest BCUT2D eigenvalue weighted by Crippen LogP contribution is -2.57. The SMILES string of the molecule is C=CC(=O)O[Si](C(C)CCC)(C(C)CCC)C(C)(C)C(C)C. The predicted octanol–water partition coefficient (Wildman–Crippen LogP) is 6.48. The highest BCUT2D eigenvalue weighted by Crippen LogP contribution is 2.57. The summed E-state index contributed by atoms with van der Waals surface area (Å²) in [6.07, 6.45) is 5.86. The summed E-state index contributed by atoms with van der Waals surface area (Å²) >= 11 is 0. The molecule has 0 aromatic rings. The lowest BCUT2D eigenvalue weighted by atomic mass is 9.99. The molecule has 0 saturated heterocycles. The zero-order chi connectivity index (χ0) is 17.6. The standard InChI is InChI=1S/C19H38O2Si/c1-10-13-16(6)22(17(7)14-11-2,21-18(20)12-3)19(8,9)15(4)5/h12,15-17H,3,10-11,13-14H2,1-2,4-9H3. The Morgan fingerprint density at radius 2 is 1.50 bits per heavy atom. The van der Waals surface area contributed by atoms with Crippen molar-refractivity contribution >= 4 is 14.3 Å². The Hall–Kier alpha value is -0.573. The van der Waals surface area contributed by atoms with Crippen LogP contribution in [0.15, 0.2) is 12.7 Å². The Balaban J connectivity index is 6.11. The summed E-state index contributed by atoms with van der Waals surface area (Å²) in [7, 11) is -2.34. The Labute approximate surface area is 139 Å². The maximum absolute atomic E-state index is 12.2. The molecule has 0 aromatic carbocycles. The molecule has 2 unspecified atom stereocenters. The van der Waals surface area contributed by atoms with E-state index >= 15 is 0 Å². The zero-order valence-corrected chi connectivity index (χ0v) is 17.2. The van der Waals surface area contributed by atoms with Gasteiger partial charge in [0.25, 0.3) is 8.32 Å². The van der Waals surface area contributed by atoms with E-state index in [0.29, 0.717) is 17.0 Å². The van der Waals surface area contributed by atoms with Gasteiger partial charge in [0, 0.05) is 6.08 Å². The van der Waals surface area contributed by atoms with Crippen LogP contribution >= 0.6 is 0 Å². The molecule has 0 aliphatic carbocycles. The molecule has 0 N–H and O–H groups in total. The molecular formula is C19H38O2Si. The summed E-state index contributed by atoms with van der Waals surface area (Å²) in [5.74, 6) is 0.252. The van der Waals surface area contributed by atoms with Crippen LogP contribution in [0.5, 0.6) is 0 Å². The first-order valence-corrected chi connectivity index (χ1v) is 11.0. The quantitative estimate of drug-likeness (QED) is 0.339. The van der Waals surface area contributed by atoms with Crippen LogP contribution in [0.3, 0.4) is 0 Å². The highest BCUT2D eigenvalue weighted by molar-refractivity contribution is 6.80. The fourth-order valence-electron chi connectivity index (χ4n) is 4.04. The molecule has 3 heteroatoms. The van der Waals surface area contributed by atoms with Crippen molar-refractivity contribution in [3.63, 3.8) is 0 Å². The molecule has 0 aromatic heterocycles. The monoisotopic (exact) mass is 326 g/mol. The molecule has 0 aliphatic heterocycles. The third kappa shape index (κ3) is 4.24. The van der Waals surface area contributed by atoms with Crippen LogP contribution in [0, 0.1) is 5.92 Å². The minimum Gasteiger partial charge on any atom is -0.515 e. The lowest BCUT2D eigenvalue weighted by Gasteiger charge is -2.52. The summed E-state index contributed by atoms with van der Waals surface area (Å²) in [5.41, 5.74) is 0.917. The Kier molecular flexibility index (Phi) is 8.67. The summed E-state index contributed by atoms with van der Waals surface area (Å²) in [4.78, 5) is 12.2. The van der Waals surface area contributed by atoms with Crippen molar-refractivity contribution in [2.45, 2.75) is 97.2 Å². The molecule has 0 bridgehead atoms. The van der Waals surface area contributed by atoms with Gasteiger partial charge in [0.2, 0.25) is 0 Å². The second-order valence-corrected chi connectivity index (χ2v) is 12.7. The number of carbonyl (C=O) groups excluding carboxylic acids is 1. The zero-order valence-electron chi connectivity index (χ0n) is 16.2. The van der Waals surface area contributed by atoms with Gasteiger partial charge in [-0.1, -0.05) is 87.7 Å². The van der Waals surface area contributed by atoms with Crippen LogP contribution in [0.2, 0.25) is 16.1 Å². The summed E-state index contributed by atoms with van der Waals surface area (Å²) in [6.45, 7) is 21.9. The fourth-order valence-corrected chi connectivity index (χ4v) is 11.0. The van der Waals surface area contributed by atoms with E-state index in [1.165, 1.54) is 6.08 Å². The van der Waals surface area contributed by atoms with E-state index in [1.54, 1.807) is 0 Å². The third-order valence-corrected chi connectivity index (χ3v) is 12.4. The van der Waals surface area contributed by atoms with Crippen molar-refractivity contribution in [3.8, 4) is 0 Å². The third-order valence-electron chi connectivity index (χ3n) is 5.79. The van der Waals surface area contributed by atoms with E-state index in [9.17, 15) is 4.79 Å². The smallest absolute Gasteiger partial charge is 0.316 e. The Morgan fingerprint density at radius 3 is 1.77 bits per heavy atom. The first-order chi connectivity index (χ1) is 10.1. The van der Waals surface area contributed by atoms with Crippen LogP contribution in [0.25, 0.3) is 0 Å². The van der Waals surface area contributed by atoms with Gasteiger partial charge in [-0.3, -0.25) is 0 Å².